The van der Waals surface area contributed by atoms with E-state index in [0.717, 1.165) is 0 Å². The molecule has 0 spiro atoms. The van der Waals surface area contributed by atoms with E-state index < -0.39 is 9.84 Å². The average molecular weight is 260 g/mol. The molecule has 1 aromatic heterocycles. The number of hydrogen-bond acceptors (Lipinski definition) is 7. The molecule has 0 radical (unpaired) electrons. The minimum Gasteiger partial charge on any atom is -0.408 e. The second-order valence-corrected chi connectivity index (χ2v) is 6.40. The fourth-order valence-electron chi connectivity index (χ4n) is 1.87. The Kier molecular flexibility index (Phi) is 3.34. The van der Waals surface area contributed by atoms with Crippen molar-refractivity contribution in [2.45, 2.75) is 19.4 Å². The lowest BCUT2D eigenvalue weighted by Crippen LogP contribution is -2.47. The summed E-state index contributed by atoms with van der Waals surface area (Å²) in [7, 11) is -2.93. The first-order valence-corrected chi connectivity index (χ1v) is 7.33. The first-order chi connectivity index (χ1) is 8.02. The summed E-state index contributed by atoms with van der Waals surface area (Å²) in [6, 6.07) is 0.246. The van der Waals surface area contributed by atoms with Crippen LogP contribution in [0.1, 0.15) is 12.8 Å². The lowest BCUT2D eigenvalue weighted by atomic mass is 10.3. The maximum Gasteiger partial charge on any atom is 0.318 e. The normalized spacial score (nSPS) is 23.9. The van der Waals surface area contributed by atoms with Gasteiger partial charge in [0.15, 0.2) is 9.84 Å². The van der Waals surface area contributed by atoms with Gasteiger partial charge >= 0.3 is 6.01 Å². The first-order valence-electron chi connectivity index (χ1n) is 5.51. The minimum atomic E-state index is -2.93. The molecule has 0 aliphatic carbocycles. The summed E-state index contributed by atoms with van der Waals surface area (Å²) in [6.45, 7) is 2.68. The fourth-order valence-corrected chi connectivity index (χ4v) is 3.42. The number of aromatic nitrogens is 2. The van der Waals surface area contributed by atoms with Crippen molar-refractivity contribution in [3.05, 3.63) is 5.89 Å². The average Bonchev–Trinajstić information content (AvgIpc) is 2.65. The number of nitrogens with zero attached hydrogens (tertiary/aromatic N) is 3. The van der Waals surface area contributed by atoms with Gasteiger partial charge in [-0.3, -0.25) is 0 Å². The highest BCUT2D eigenvalue weighted by Crippen LogP contribution is 2.20. The largest absolute Gasteiger partial charge is 0.408 e. The third-order valence-corrected chi connectivity index (χ3v) is 4.53. The van der Waals surface area contributed by atoms with Gasteiger partial charge in [-0.15, -0.1) is 5.10 Å². The summed E-state index contributed by atoms with van der Waals surface area (Å²) in [5, 5.41) is 7.78. The number of hydrogen-bond donors (Lipinski definition) is 1. The Balaban J connectivity index is 2.12. The molecule has 7 nitrogen and oxygen atoms in total. The second kappa shape index (κ2) is 4.61. The molecular weight excluding hydrogens is 244 g/mol. The molecule has 96 valence electrons. The van der Waals surface area contributed by atoms with E-state index in [0.29, 0.717) is 31.4 Å². The zero-order chi connectivity index (χ0) is 12.5. The predicted molar refractivity (Wildman–Crippen MR) is 62.5 cm³/mol. The maximum absolute atomic E-state index is 11.4. The molecule has 1 aliphatic rings. The highest BCUT2D eigenvalue weighted by Gasteiger charge is 2.31. The van der Waals surface area contributed by atoms with Crippen LogP contribution in [-0.4, -0.2) is 49.3 Å². The summed E-state index contributed by atoms with van der Waals surface area (Å²) >= 11 is 0. The quantitative estimate of drug-likeness (QED) is 0.758. The van der Waals surface area contributed by atoms with Gasteiger partial charge in [-0.2, -0.15) is 0 Å². The molecule has 2 heterocycles. The van der Waals surface area contributed by atoms with Gasteiger partial charge in [0.2, 0.25) is 5.89 Å². The van der Waals surface area contributed by atoms with Gasteiger partial charge in [-0.05, 0) is 6.92 Å². The van der Waals surface area contributed by atoms with E-state index in [9.17, 15) is 8.42 Å². The van der Waals surface area contributed by atoms with E-state index >= 15 is 0 Å². The SMILES string of the molecule is CC1CS(=O)(=O)CCN1c1nnc(CCN)o1. The number of anilines is 1. The van der Waals surface area contributed by atoms with Crippen molar-refractivity contribution in [3.8, 4) is 0 Å². The third-order valence-electron chi connectivity index (χ3n) is 2.73. The molecule has 17 heavy (non-hydrogen) atoms. The van der Waals surface area contributed by atoms with E-state index in [2.05, 4.69) is 10.2 Å². The Labute approximate surface area is 99.9 Å². The van der Waals surface area contributed by atoms with Crippen molar-refractivity contribution in [1.82, 2.24) is 10.2 Å². The predicted octanol–water partition coefficient (Wildman–Crippen LogP) is -0.806. The highest BCUT2D eigenvalue weighted by atomic mass is 32.2. The summed E-state index contributed by atoms with van der Waals surface area (Å²) in [5.41, 5.74) is 5.39. The number of sulfone groups is 1. The van der Waals surface area contributed by atoms with Crippen molar-refractivity contribution >= 4 is 15.9 Å². The molecule has 0 bridgehead atoms. The molecule has 1 aromatic rings. The Bertz CT molecular complexity index is 484. The van der Waals surface area contributed by atoms with Crippen LogP contribution in [0.5, 0.6) is 0 Å². The third kappa shape index (κ3) is 2.75. The molecule has 1 unspecified atom stereocenters. The molecular formula is C9H16N4O3S. The monoisotopic (exact) mass is 260 g/mol. The minimum absolute atomic E-state index is 0.127. The number of nitrogens with two attached hydrogens (primary N) is 1. The lowest BCUT2D eigenvalue weighted by Gasteiger charge is -2.31. The molecule has 1 atom stereocenters. The van der Waals surface area contributed by atoms with Gasteiger partial charge in [-0.25, -0.2) is 8.42 Å². The Morgan fingerprint density at radius 1 is 1.53 bits per heavy atom. The van der Waals surface area contributed by atoms with Gasteiger partial charge < -0.3 is 15.1 Å². The van der Waals surface area contributed by atoms with Gasteiger partial charge in [0.05, 0.1) is 11.5 Å². The van der Waals surface area contributed by atoms with Crippen LogP contribution in [-0.2, 0) is 16.3 Å². The van der Waals surface area contributed by atoms with Crippen molar-refractivity contribution in [2.24, 2.45) is 5.73 Å². The number of rotatable bonds is 3. The van der Waals surface area contributed by atoms with Crippen LogP contribution in [0.2, 0.25) is 0 Å². The first kappa shape index (κ1) is 12.3. The summed E-state index contributed by atoms with van der Waals surface area (Å²) in [4.78, 5) is 1.83. The molecule has 0 amide bonds. The Hall–Kier alpha value is -1.15. The van der Waals surface area contributed by atoms with E-state index in [1.54, 1.807) is 0 Å². The maximum atomic E-state index is 11.4. The van der Waals surface area contributed by atoms with Crippen LogP contribution >= 0.6 is 0 Å². The van der Waals surface area contributed by atoms with Gasteiger partial charge in [0, 0.05) is 25.6 Å². The van der Waals surface area contributed by atoms with Gasteiger partial charge in [-0.1, -0.05) is 5.10 Å². The topological polar surface area (TPSA) is 102 Å². The van der Waals surface area contributed by atoms with Gasteiger partial charge in [0.25, 0.3) is 0 Å². The summed E-state index contributed by atoms with van der Waals surface area (Å²) < 4.78 is 28.3. The highest BCUT2D eigenvalue weighted by molar-refractivity contribution is 7.91. The van der Waals surface area contributed by atoms with Gasteiger partial charge in [0.1, 0.15) is 0 Å². The van der Waals surface area contributed by atoms with Crippen LogP contribution in [0.4, 0.5) is 6.01 Å². The summed E-state index contributed by atoms with van der Waals surface area (Å²) in [6.07, 6.45) is 0.535. The van der Waals surface area contributed by atoms with Crippen molar-refractivity contribution in [1.29, 1.82) is 0 Å². The van der Waals surface area contributed by atoms with Crippen LogP contribution in [0.3, 0.4) is 0 Å². The lowest BCUT2D eigenvalue weighted by molar-refractivity contribution is 0.468. The molecule has 2 N–H and O–H groups in total. The zero-order valence-corrected chi connectivity index (χ0v) is 10.5. The van der Waals surface area contributed by atoms with E-state index in [4.69, 9.17) is 10.2 Å². The Morgan fingerprint density at radius 2 is 2.29 bits per heavy atom. The Morgan fingerprint density at radius 3 is 2.94 bits per heavy atom. The smallest absolute Gasteiger partial charge is 0.318 e. The van der Waals surface area contributed by atoms with E-state index in [1.165, 1.54) is 0 Å². The standard InChI is InChI=1S/C9H16N4O3S/c1-7-6-17(14,15)5-4-13(7)9-12-11-8(16-9)2-3-10/h7H,2-6,10H2,1H3. The fraction of sp³-hybridized carbons (Fsp3) is 0.778. The van der Waals surface area contributed by atoms with Crippen LogP contribution in [0, 0.1) is 0 Å². The summed E-state index contributed by atoms with van der Waals surface area (Å²) in [5.74, 6) is 0.746. The van der Waals surface area contributed by atoms with E-state index in [-0.39, 0.29) is 17.5 Å². The molecule has 8 heteroatoms. The second-order valence-electron chi connectivity index (χ2n) is 4.17. The van der Waals surface area contributed by atoms with Crippen molar-refractivity contribution in [2.75, 3.05) is 29.5 Å². The van der Waals surface area contributed by atoms with Crippen LogP contribution in [0.25, 0.3) is 0 Å². The molecule has 1 aliphatic heterocycles. The molecule has 2 rings (SSSR count). The van der Waals surface area contributed by atoms with E-state index in [1.807, 2.05) is 11.8 Å². The molecule has 0 saturated carbocycles. The molecule has 1 saturated heterocycles. The molecule has 0 aromatic carbocycles. The van der Waals surface area contributed by atoms with Crippen molar-refractivity contribution in [3.63, 3.8) is 0 Å². The van der Waals surface area contributed by atoms with Crippen LogP contribution in [0.15, 0.2) is 4.42 Å². The zero-order valence-electron chi connectivity index (χ0n) is 9.66. The van der Waals surface area contributed by atoms with Crippen molar-refractivity contribution < 1.29 is 12.8 Å². The van der Waals surface area contributed by atoms with Crippen LogP contribution < -0.4 is 10.6 Å². The molecule has 1 fully saturated rings.